The van der Waals surface area contributed by atoms with Crippen molar-refractivity contribution in [2.75, 3.05) is 39.0 Å². The molecule has 0 radical (unpaired) electrons. The van der Waals surface area contributed by atoms with E-state index >= 15 is 0 Å². The highest BCUT2D eigenvalue weighted by molar-refractivity contribution is 5.97. The van der Waals surface area contributed by atoms with E-state index < -0.39 is 5.97 Å². The maximum atomic E-state index is 12.4. The van der Waals surface area contributed by atoms with Crippen LogP contribution in [0.4, 0.5) is 5.69 Å². The number of hydrogen-bond donors (Lipinski definition) is 2. The molecule has 0 bridgehead atoms. The van der Waals surface area contributed by atoms with Crippen LogP contribution in [0.2, 0.25) is 0 Å². The molecule has 0 spiro atoms. The summed E-state index contributed by atoms with van der Waals surface area (Å²) < 4.78 is 0. The first-order valence-electron chi connectivity index (χ1n) is 8.39. The summed E-state index contributed by atoms with van der Waals surface area (Å²) in [5.41, 5.74) is 1.49. The first-order chi connectivity index (χ1) is 11.8. The Kier molecular flexibility index (Phi) is 6.52. The van der Waals surface area contributed by atoms with Gasteiger partial charge in [0.05, 0.1) is 5.92 Å². The molecule has 2 N–H and O–H groups in total. The van der Waals surface area contributed by atoms with Gasteiger partial charge in [0.25, 0.3) is 0 Å². The summed E-state index contributed by atoms with van der Waals surface area (Å²) in [6, 6.07) is 7.17. The Hall–Kier alpha value is -2.41. The van der Waals surface area contributed by atoms with E-state index in [9.17, 15) is 14.4 Å². The van der Waals surface area contributed by atoms with E-state index in [2.05, 4.69) is 5.32 Å². The number of nitrogens with zero attached hydrogens (tertiary/aromatic N) is 2. The first kappa shape index (κ1) is 18.9. The highest BCUT2D eigenvalue weighted by Gasteiger charge is 2.34. The summed E-state index contributed by atoms with van der Waals surface area (Å²) in [7, 11) is 3.89. The van der Waals surface area contributed by atoms with E-state index in [1.807, 2.05) is 25.1 Å². The van der Waals surface area contributed by atoms with Crippen molar-refractivity contribution in [3.63, 3.8) is 0 Å². The smallest absolute Gasteiger partial charge is 0.303 e. The van der Waals surface area contributed by atoms with Crippen LogP contribution in [0, 0.1) is 5.92 Å². The fourth-order valence-electron chi connectivity index (χ4n) is 2.78. The summed E-state index contributed by atoms with van der Waals surface area (Å²) in [5.74, 6) is -1.36. The lowest BCUT2D eigenvalue weighted by atomic mass is 10.1. The summed E-state index contributed by atoms with van der Waals surface area (Å²) in [4.78, 5) is 38.8. The second-order valence-electron chi connectivity index (χ2n) is 6.63. The SMILES string of the molecule is CN(C)CCN1CC(C(=O)Nc2cccc(CCC(=O)O)c2)CC1=O. The number of likely N-dealkylation sites (tertiary alicyclic amines) is 1. The molecular weight excluding hydrogens is 322 g/mol. The average molecular weight is 347 g/mol. The second-order valence-corrected chi connectivity index (χ2v) is 6.63. The minimum absolute atomic E-state index is 0.0113. The van der Waals surface area contributed by atoms with Gasteiger partial charge in [-0.25, -0.2) is 0 Å². The van der Waals surface area contributed by atoms with Gasteiger partial charge in [0, 0.05) is 38.2 Å². The van der Waals surface area contributed by atoms with Crippen molar-refractivity contribution >= 4 is 23.5 Å². The molecule has 25 heavy (non-hydrogen) atoms. The molecule has 2 amide bonds. The lowest BCUT2D eigenvalue weighted by molar-refractivity contribution is -0.137. The third-order valence-electron chi connectivity index (χ3n) is 4.22. The molecule has 2 rings (SSSR count). The van der Waals surface area contributed by atoms with E-state index in [1.165, 1.54) is 0 Å². The lowest BCUT2D eigenvalue weighted by Gasteiger charge is -2.19. The molecule has 136 valence electrons. The van der Waals surface area contributed by atoms with Crippen molar-refractivity contribution in [2.45, 2.75) is 19.3 Å². The Bertz CT molecular complexity index is 645. The van der Waals surface area contributed by atoms with Crippen LogP contribution in [0.1, 0.15) is 18.4 Å². The Labute approximate surface area is 147 Å². The Morgan fingerprint density at radius 2 is 2.12 bits per heavy atom. The van der Waals surface area contributed by atoms with Crippen molar-refractivity contribution in [1.29, 1.82) is 0 Å². The van der Waals surface area contributed by atoms with Gasteiger partial charge >= 0.3 is 5.97 Å². The minimum Gasteiger partial charge on any atom is -0.481 e. The molecule has 0 aliphatic carbocycles. The maximum Gasteiger partial charge on any atom is 0.303 e. The molecule has 0 saturated carbocycles. The molecule has 1 unspecified atom stereocenters. The van der Waals surface area contributed by atoms with Crippen LogP contribution < -0.4 is 5.32 Å². The summed E-state index contributed by atoms with van der Waals surface area (Å²) in [5, 5.41) is 11.6. The van der Waals surface area contributed by atoms with Crippen LogP contribution in [0.3, 0.4) is 0 Å². The molecule has 1 aliphatic heterocycles. The van der Waals surface area contributed by atoms with E-state index in [0.29, 0.717) is 25.2 Å². The fraction of sp³-hybridized carbons (Fsp3) is 0.500. The van der Waals surface area contributed by atoms with Crippen LogP contribution in [0.5, 0.6) is 0 Å². The van der Waals surface area contributed by atoms with Crippen molar-refractivity contribution in [3.8, 4) is 0 Å². The second kappa shape index (κ2) is 8.62. The van der Waals surface area contributed by atoms with Gasteiger partial charge in [-0.1, -0.05) is 12.1 Å². The number of amides is 2. The number of likely N-dealkylation sites (N-methyl/N-ethyl adjacent to an activating group) is 1. The highest BCUT2D eigenvalue weighted by Crippen LogP contribution is 2.20. The summed E-state index contributed by atoms with van der Waals surface area (Å²) in [6.45, 7) is 1.84. The van der Waals surface area contributed by atoms with Crippen molar-refractivity contribution in [3.05, 3.63) is 29.8 Å². The monoisotopic (exact) mass is 347 g/mol. The molecule has 1 atom stereocenters. The quantitative estimate of drug-likeness (QED) is 0.734. The molecule has 7 nitrogen and oxygen atoms in total. The first-order valence-corrected chi connectivity index (χ1v) is 8.39. The largest absolute Gasteiger partial charge is 0.481 e. The number of carboxylic acids is 1. The third kappa shape index (κ3) is 5.86. The fourth-order valence-corrected chi connectivity index (χ4v) is 2.78. The van der Waals surface area contributed by atoms with Gasteiger partial charge in [-0.15, -0.1) is 0 Å². The predicted octanol–water partition coefficient (Wildman–Crippen LogP) is 1.05. The summed E-state index contributed by atoms with van der Waals surface area (Å²) in [6.07, 6.45) is 0.701. The van der Waals surface area contributed by atoms with Gasteiger partial charge < -0.3 is 20.2 Å². The van der Waals surface area contributed by atoms with Crippen molar-refractivity contribution < 1.29 is 19.5 Å². The number of carbonyl (C=O) groups excluding carboxylic acids is 2. The van der Waals surface area contributed by atoms with Gasteiger partial charge in [0.2, 0.25) is 11.8 Å². The zero-order valence-corrected chi connectivity index (χ0v) is 14.7. The number of nitrogens with one attached hydrogen (secondary N) is 1. The number of carbonyl (C=O) groups is 3. The van der Waals surface area contributed by atoms with E-state index in [1.54, 1.807) is 23.1 Å². The molecular formula is C18H25N3O4. The molecule has 1 saturated heterocycles. The van der Waals surface area contributed by atoms with E-state index in [0.717, 1.165) is 12.1 Å². The van der Waals surface area contributed by atoms with Crippen LogP contribution in [0.25, 0.3) is 0 Å². The third-order valence-corrected chi connectivity index (χ3v) is 4.22. The molecule has 1 aromatic rings. The zero-order valence-electron chi connectivity index (χ0n) is 14.7. The van der Waals surface area contributed by atoms with Crippen LogP contribution >= 0.6 is 0 Å². The van der Waals surface area contributed by atoms with Gasteiger partial charge in [-0.3, -0.25) is 14.4 Å². The number of anilines is 1. The summed E-state index contributed by atoms with van der Waals surface area (Å²) >= 11 is 0. The van der Waals surface area contributed by atoms with Crippen molar-refractivity contribution in [2.24, 2.45) is 5.92 Å². The zero-order chi connectivity index (χ0) is 18.4. The molecule has 1 fully saturated rings. The molecule has 1 heterocycles. The normalized spacial score (nSPS) is 17.2. The molecule has 1 aromatic carbocycles. The number of hydrogen-bond acceptors (Lipinski definition) is 4. The van der Waals surface area contributed by atoms with E-state index in [-0.39, 0.29) is 30.6 Å². The molecule has 0 aromatic heterocycles. The highest BCUT2D eigenvalue weighted by atomic mass is 16.4. The van der Waals surface area contributed by atoms with Crippen LogP contribution in [-0.2, 0) is 20.8 Å². The van der Waals surface area contributed by atoms with Gasteiger partial charge in [0.1, 0.15) is 0 Å². The molecule has 7 heteroatoms. The van der Waals surface area contributed by atoms with E-state index in [4.69, 9.17) is 5.11 Å². The number of aryl methyl sites for hydroxylation is 1. The topological polar surface area (TPSA) is 89.9 Å². The predicted molar refractivity (Wildman–Crippen MR) is 94.3 cm³/mol. The van der Waals surface area contributed by atoms with Gasteiger partial charge in [-0.2, -0.15) is 0 Å². The Morgan fingerprint density at radius 3 is 2.80 bits per heavy atom. The number of carboxylic acid groups (broad SMARTS) is 1. The molecule has 1 aliphatic rings. The average Bonchev–Trinajstić information content (AvgIpc) is 2.92. The Morgan fingerprint density at radius 1 is 1.36 bits per heavy atom. The van der Waals surface area contributed by atoms with Crippen LogP contribution in [0.15, 0.2) is 24.3 Å². The van der Waals surface area contributed by atoms with Gasteiger partial charge in [-0.05, 0) is 38.2 Å². The lowest BCUT2D eigenvalue weighted by Crippen LogP contribution is -2.33. The minimum atomic E-state index is -0.850. The standard InChI is InChI=1S/C18H25N3O4/c1-20(2)8-9-21-12-14(11-16(21)22)18(25)19-15-5-3-4-13(10-15)6-7-17(23)24/h3-5,10,14H,6-9,11-12H2,1-2H3,(H,19,25)(H,23,24). The van der Waals surface area contributed by atoms with Crippen molar-refractivity contribution in [1.82, 2.24) is 9.80 Å². The number of aliphatic carboxylic acids is 1. The number of benzene rings is 1. The number of rotatable bonds is 8. The van der Waals surface area contributed by atoms with Gasteiger partial charge in [0.15, 0.2) is 0 Å². The van der Waals surface area contributed by atoms with Crippen LogP contribution in [-0.4, -0.2) is 66.4 Å². The Balaban J connectivity index is 1.90. The maximum absolute atomic E-state index is 12.4.